The lowest BCUT2D eigenvalue weighted by Crippen LogP contribution is -2.03. The van der Waals surface area contributed by atoms with Crippen LogP contribution < -0.4 is 14.2 Å². The van der Waals surface area contributed by atoms with E-state index < -0.39 is 0 Å². The lowest BCUT2D eigenvalue weighted by atomic mass is 10.1. The van der Waals surface area contributed by atoms with Crippen LogP contribution in [0.15, 0.2) is 42.5 Å². The zero-order valence-corrected chi connectivity index (χ0v) is 12.9. The van der Waals surface area contributed by atoms with E-state index in [0.717, 1.165) is 19.1 Å². The van der Waals surface area contributed by atoms with Gasteiger partial charge in [0, 0.05) is 5.56 Å². The third kappa shape index (κ3) is 4.01. The van der Waals surface area contributed by atoms with E-state index in [4.69, 9.17) is 14.2 Å². The minimum atomic E-state index is 0.491. The molecule has 0 aliphatic rings. The van der Waals surface area contributed by atoms with Crippen LogP contribution in [0.5, 0.6) is 17.2 Å². The number of hydrogen-bond acceptors (Lipinski definition) is 4. The zero-order chi connectivity index (χ0) is 15.8. The van der Waals surface area contributed by atoms with Gasteiger partial charge in [-0.2, -0.15) is 0 Å². The van der Waals surface area contributed by atoms with Gasteiger partial charge in [0.15, 0.2) is 11.5 Å². The minimum absolute atomic E-state index is 0.491. The summed E-state index contributed by atoms with van der Waals surface area (Å²) in [7, 11) is 3.08. The number of aldehydes is 1. The molecule has 0 aliphatic carbocycles. The van der Waals surface area contributed by atoms with E-state index in [-0.39, 0.29) is 0 Å². The maximum Gasteiger partial charge on any atom is 0.203 e. The normalized spacial score (nSPS) is 10.1. The number of methoxy groups -OCH3 is 2. The maximum atomic E-state index is 10.9. The van der Waals surface area contributed by atoms with Crippen molar-refractivity contribution in [2.45, 2.75) is 12.8 Å². The third-order valence-corrected chi connectivity index (χ3v) is 3.32. The van der Waals surface area contributed by atoms with E-state index in [0.29, 0.717) is 29.4 Å². The standard InChI is InChI=1S/C18H20O4/c1-20-16-11-15(13-19)12-17(21-2)18(16)22-10-6-9-14-7-4-3-5-8-14/h3-5,7-8,11-13H,6,9-10H2,1-2H3. The largest absolute Gasteiger partial charge is 0.493 e. The first-order valence-corrected chi connectivity index (χ1v) is 7.16. The average molecular weight is 300 g/mol. The highest BCUT2D eigenvalue weighted by Gasteiger charge is 2.13. The second-order valence-corrected chi connectivity index (χ2v) is 4.81. The summed E-state index contributed by atoms with van der Waals surface area (Å²) in [6.07, 6.45) is 2.58. The van der Waals surface area contributed by atoms with E-state index in [1.165, 1.54) is 5.56 Å². The van der Waals surface area contributed by atoms with Crippen molar-refractivity contribution in [3.8, 4) is 17.2 Å². The molecule has 4 heteroatoms. The van der Waals surface area contributed by atoms with Gasteiger partial charge in [-0.05, 0) is 30.5 Å². The summed E-state index contributed by atoms with van der Waals surface area (Å²) in [5, 5.41) is 0. The number of ether oxygens (including phenoxy) is 3. The van der Waals surface area contributed by atoms with Gasteiger partial charge < -0.3 is 14.2 Å². The SMILES string of the molecule is COc1cc(C=O)cc(OC)c1OCCCc1ccccc1. The summed E-state index contributed by atoms with van der Waals surface area (Å²) >= 11 is 0. The molecule has 2 aromatic rings. The minimum Gasteiger partial charge on any atom is -0.493 e. The molecule has 0 saturated carbocycles. The molecule has 2 aromatic carbocycles. The molecule has 4 nitrogen and oxygen atoms in total. The molecule has 0 unspecified atom stereocenters. The maximum absolute atomic E-state index is 10.9. The Kier molecular flexibility index (Phi) is 5.83. The second kappa shape index (κ2) is 8.08. The van der Waals surface area contributed by atoms with Crippen LogP contribution >= 0.6 is 0 Å². The second-order valence-electron chi connectivity index (χ2n) is 4.81. The first-order chi connectivity index (χ1) is 10.8. The van der Waals surface area contributed by atoms with Crippen LogP contribution in [-0.2, 0) is 6.42 Å². The number of rotatable bonds is 8. The molecule has 22 heavy (non-hydrogen) atoms. The Morgan fingerprint density at radius 3 is 2.18 bits per heavy atom. The van der Waals surface area contributed by atoms with Gasteiger partial charge in [-0.3, -0.25) is 4.79 Å². The Bertz CT molecular complexity index is 583. The summed E-state index contributed by atoms with van der Waals surface area (Å²) in [6.45, 7) is 0.544. The van der Waals surface area contributed by atoms with Crippen LogP contribution in [0.4, 0.5) is 0 Å². The fourth-order valence-electron chi connectivity index (χ4n) is 2.21. The van der Waals surface area contributed by atoms with Crippen molar-refractivity contribution in [1.29, 1.82) is 0 Å². The van der Waals surface area contributed by atoms with Crippen molar-refractivity contribution in [2.75, 3.05) is 20.8 Å². The van der Waals surface area contributed by atoms with E-state index in [1.54, 1.807) is 26.4 Å². The predicted octanol–water partition coefficient (Wildman–Crippen LogP) is 3.53. The van der Waals surface area contributed by atoms with Gasteiger partial charge in [0.25, 0.3) is 0 Å². The van der Waals surface area contributed by atoms with Crippen LogP contribution in [0.2, 0.25) is 0 Å². The molecule has 0 amide bonds. The molecule has 0 spiro atoms. The summed E-state index contributed by atoms with van der Waals surface area (Å²) < 4.78 is 16.4. The zero-order valence-electron chi connectivity index (χ0n) is 12.9. The fraction of sp³-hybridized carbons (Fsp3) is 0.278. The Balaban J connectivity index is 2.01. The van der Waals surface area contributed by atoms with Crippen molar-refractivity contribution in [1.82, 2.24) is 0 Å². The van der Waals surface area contributed by atoms with Crippen LogP contribution in [-0.4, -0.2) is 27.1 Å². The summed E-state index contributed by atoms with van der Waals surface area (Å²) in [6, 6.07) is 13.5. The highest BCUT2D eigenvalue weighted by molar-refractivity contribution is 5.78. The van der Waals surface area contributed by atoms with Crippen molar-refractivity contribution in [2.24, 2.45) is 0 Å². The quantitative estimate of drug-likeness (QED) is 0.552. The number of aryl methyl sites for hydroxylation is 1. The molecule has 116 valence electrons. The van der Waals surface area contributed by atoms with E-state index in [9.17, 15) is 4.79 Å². The molecule has 0 fully saturated rings. The van der Waals surface area contributed by atoms with Gasteiger partial charge in [0.2, 0.25) is 5.75 Å². The van der Waals surface area contributed by atoms with Crippen LogP contribution in [0.1, 0.15) is 22.3 Å². The van der Waals surface area contributed by atoms with E-state index in [1.807, 2.05) is 18.2 Å². The molecule has 0 bridgehead atoms. The Hall–Kier alpha value is -2.49. The molecule has 0 radical (unpaired) electrons. The first-order valence-electron chi connectivity index (χ1n) is 7.16. The third-order valence-electron chi connectivity index (χ3n) is 3.32. The van der Waals surface area contributed by atoms with Crippen molar-refractivity contribution >= 4 is 6.29 Å². The fourth-order valence-corrected chi connectivity index (χ4v) is 2.21. The van der Waals surface area contributed by atoms with E-state index >= 15 is 0 Å². The average Bonchev–Trinajstić information content (AvgIpc) is 2.59. The molecule has 0 aromatic heterocycles. The Morgan fingerprint density at radius 1 is 1.00 bits per heavy atom. The molecule has 0 saturated heterocycles. The van der Waals surface area contributed by atoms with Gasteiger partial charge in [-0.25, -0.2) is 0 Å². The van der Waals surface area contributed by atoms with Crippen LogP contribution in [0.3, 0.4) is 0 Å². The molecule has 0 heterocycles. The molecular weight excluding hydrogens is 280 g/mol. The number of hydrogen-bond donors (Lipinski definition) is 0. The van der Waals surface area contributed by atoms with Crippen molar-refractivity contribution in [3.05, 3.63) is 53.6 Å². The van der Waals surface area contributed by atoms with Crippen LogP contribution in [0.25, 0.3) is 0 Å². The highest BCUT2D eigenvalue weighted by Crippen LogP contribution is 2.38. The summed E-state index contributed by atoms with van der Waals surface area (Å²) in [5.41, 5.74) is 1.77. The number of benzene rings is 2. The molecule has 0 N–H and O–H groups in total. The summed E-state index contributed by atoms with van der Waals surface area (Å²) in [5.74, 6) is 1.53. The highest BCUT2D eigenvalue weighted by atomic mass is 16.5. The number of carbonyl (C=O) groups excluding carboxylic acids is 1. The molecule has 0 atom stereocenters. The molecule has 0 aliphatic heterocycles. The smallest absolute Gasteiger partial charge is 0.203 e. The van der Waals surface area contributed by atoms with Crippen molar-refractivity contribution in [3.63, 3.8) is 0 Å². The molecule has 2 rings (SSSR count). The van der Waals surface area contributed by atoms with Crippen molar-refractivity contribution < 1.29 is 19.0 Å². The van der Waals surface area contributed by atoms with Gasteiger partial charge in [-0.1, -0.05) is 30.3 Å². The summed E-state index contributed by atoms with van der Waals surface area (Å²) in [4.78, 5) is 10.9. The van der Waals surface area contributed by atoms with Crippen LogP contribution in [0, 0.1) is 0 Å². The van der Waals surface area contributed by atoms with Gasteiger partial charge >= 0.3 is 0 Å². The lowest BCUT2D eigenvalue weighted by Gasteiger charge is -2.15. The van der Waals surface area contributed by atoms with Gasteiger partial charge in [0.05, 0.1) is 20.8 Å². The Morgan fingerprint density at radius 2 is 1.64 bits per heavy atom. The number of carbonyl (C=O) groups is 1. The van der Waals surface area contributed by atoms with Gasteiger partial charge in [-0.15, -0.1) is 0 Å². The molecular formula is C18H20O4. The topological polar surface area (TPSA) is 44.8 Å². The van der Waals surface area contributed by atoms with E-state index in [2.05, 4.69) is 12.1 Å². The first kappa shape index (κ1) is 15.9. The lowest BCUT2D eigenvalue weighted by molar-refractivity contribution is 0.112. The van der Waals surface area contributed by atoms with Gasteiger partial charge in [0.1, 0.15) is 6.29 Å². The Labute approximate surface area is 130 Å². The predicted molar refractivity (Wildman–Crippen MR) is 85.2 cm³/mol. The monoisotopic (exact) mass is 300 g/mol.